The Kier molecular flexibility index (Phi) is 6.39. The van der Waals surface area contributed by atoms with Crippen molar-refractivity contribution in [1.82, 2.24) is 9.78 Å². The van der Waals surface area contributed by atoms with Gasteiger partial charge in [0.2, 0.25) is 0 Å². The Labute approximate surface area is 125 Å². The maximum Gasteiger partial charge on any atom is 0.323 e. The van der Waals surface area contributed by atoms with E-state index in [-0.39, 0.29) is 13.2 Å². The molecule has 0 fully saturated rings. The molecule has 0 saturated carbocycles. The number of carbonyl (C=O) groups excluding carboxylic acids is 2. The molecule has 0 aliphatic carbocycles. The van der Waals surface area contributed by atoms with E-state index in [0.717, 1.165) is 5.69 Å². The van der Waals surface area contributed by atoms with Gasteiger partial charge in [0, 0.05) is 18.9 Å². The van der Waals surface area contributed by atoms with Gasteiger partial charge in [0.25, 0.3) is 0 Å². The fourth-order valence-corrected chi connectivity index (χ4v) is 2.28. The second kappa shape index (κ2) is 7.81. The summed E-state index contributed by atoms with van der Waals surface area (Å²) in [6, 6.07) is 1.87. The number of nitrogens with zero attached hydrogens (tertiary/aromatic N) is 2. The average molecular weight is 296 g/mol. The highest BCUT2D eigenvalue weighted by atomic mass is 16.6. The molecule has 0 aromatic carbocycles. The van der Waals surface area contributed by atoms with Gasteiger partial charge in [-0.3, -0.25) is 14.3 Å². The lowest BCUT2D eigenvalue weighted by molar-refractivity contribution is -0.173. The van der Waals surface area contributed by atoms with Gasteiger partial charge < -0.3 is 9.47 Å². The summed E-state index contributed by atoms with van der Waals surface area (Å²) in [5.41, 5.74) is -0.280. The topological polar surface area (TPSA) is 70.4 Å². The van der Waals surface area contributed by atoms with Crippen LogP contribution in [0.3, 0.4) is 0 Å². The van der Waals surface area contributed by atoms with Crippen molar-refractivity contribution in [2.45, 2.75) is 40.0 Å². The third-order valence-corrected chi connectivity index (χ3v) is 3.67. The van der Waals surface area contributed by atoms with Crippen molar-refractivity contribution in [2.75, 3.05) is 13.2 Å². The predicted octanol–water partition coefficient (Wildman–Crippen LogP) is 1.88. The number of ether oxygens (including phenoxy) is 2. The zero-order valence-corrected chi connectivity index (χ0v) is 13.2. The fraction of sp³-hybridized carbons (Fsp3) is 0.667. The minimum Gasteiger partial charge on any atom is -0.465 e. The van der Waals surface area contributed by atoms with E-state index in [1.807, 2.05) is 13.1 Å². The molecule has 1 heterocycles. The summed E-state index contributed by atoms with van der Waals surface area (Å²) in [5, 5.41) is 4.09. The van der Waals surface area contributed by atoms with E-state index in [4.69, 9.17) is 9.47 Å². The summed E-state index contributed by atoms with van der Waals surface area (Å²) in [5.74, 6) is -1.01. The minimum atomic E-state index is -1.24. The fourth-order valence-electron chi connectivity index (χ4n) is 2.28. The van der Waals surface area contributed by atoms with Crippen molar-refractivity contribution < 1.29 is 19.1 Å². The summed E-state index contributed by atoms with van der Waals surface area (Å²) < 4.78 is 11.9. The number of carbonyl (C=O) groups is 2. The van der Waals surface area contributed by atoms with Crippen molar-refractivity contribution in [3.63, 3.8) is 0 Å². The largest absolute Gasteiger partial charge is 0.465 e. The maximum atomic E-state index is 12.3. The molecule has 0 aliphatic rings. The van der Waals surface area contributed by atoms with Gasteiger partial charge in [0.05, 0.1) is 13.2 Å². The van der Waals surface area contributed by atoms with E-state index in [0.29, 0.717) is 19.3 Å². The second-order valence-corrected chi connectivity index (χ2v) is 4.82. The summed E-state index contributed by atoms with van der Waals surface area (Å²) in [6.45, 7) is 5.74. The smallest absolute Gasteiger partial charge is 0.323 e. The molecule has 0 bridgehead atoms. The number of hydrogen-bond acceptors (Lipinski definition) is 5. The molecule has 1 rings (SSSR count). The third kappa shape index (κ3) is 3.83. The van der Waals surface area contributed by atoms with Crippen LogP contribution in [0.1, 0.15) is 39.3 Å². The number of aromatic nitrogens is 2. The van der Waals surface area contributed by atoms with Crippen molar-refractivity contribution >= 4 is 11.9 Å². The van der Waals surface area contributed by atoms with Gasteiger partial charge in [-0.2, -0.15) is 5.10 Å². The number of esters is 2. The summed E-state index contributed by atoms with van der Waals surface area (Å²) >= 11 is 0. The van der Waals surface area contributed by atoms with E-state index in [2.05, 4.69) is 5.10 Å². The molecule has 0 spiro atoms. The first kappa shape index (κ1) is 17.2. The van der Waals surface area contributed by atoms with E-state index < -0.39 is 17.4 Å². The quantitative estimate of drug-likeness (QED) is 0.541. The Morgan fingerprint density at radius 3 is 2.14 bits per heavy atom. The molecular weight excluding hydrogens is 272 g/mol. The number of rotatable bonds is 8. The van der Waals surface area contributed by atoms with Crippen LogP contribution in [0.5, 0.6) is 0 Å². The van der Waals surface area contributed by atoms with E-state index in [1.54, 1.807) is 31.6 Å². The van der Waals surface area contributed by atoms with Crippen LogP contribution in [-0.2, 0) is 32.5 Å². The summed E-state index contributed by atoms with van der Waals surface area (Å²) in [4.78, 5) is 24.6. The lowest BCUT2D eigenvalue weighted by Crippen LogP contribution is -2.42. The van der Waals surface area contributed by atoms with Gasteiger partial charge in [0.1, 0.15) is 0 Å². The number of aryl methyl sites for hydroxylation is 2. The molecule has 118 valence electrons. The normalized spacial score (nSPS) is 11.2. The molecule has 0 radical (unpaired) electrons. The van der Waals surface area contributed by atoms with Crippen LogP contribution in [0.4, 0.5) is 0 Å². The van der Waals surface area contributed by atoms with Gasteiger partial charge in [-0.25, -0.2) is 0 Å². The van der Waals surface area contributed by atoms with Crippen LogP contribution in [0.2, 0.25) is 0 Å². The molecule has 21 heavy (non-hydrogen) atoms. The van der Waals surface area contributed by atoms with Crippen LogP contribution < -0.4 is 0 Å². The molecule has 0 N–H and O–H groups in total. The van der Waals surface area contributed by atoms with Crippen molar-refractivity contribution in [1.29, 1.82) is 0 Å². The minimum absolute atomic E-state index is 0.242. The van der Waals surface area contributed by atoms with Gasteiger partial charge >= 0.3 is 11.9 Å². The highest BCUT2D eigenvalue weighted by Gasteiger charge is 2.47. The second-order valence-electron chi connectivity index (χ2n) is 4.82. The van der Waals surface area contributed by atoms with Gasteiger partial charge in [0.15, 0.2) is 5.41 Å². The van der Waals surface area contributed by atoms with Gasteiger partial charge in [-0.15, -0.1) is 0 Å². The van der Waals surface area contributed by atoms with Gasteiger partial charge in [-0.1, -0.05) is 6.92 Å². The van der Waals surface area contributed by atoms with E-state index in [9.17, 15) is 9.59 Å². The lowest BCUT2D eigenvalue weighted by atomic mass is 9.80. The molecule has 0 amide bonds. The summed E-state index contributed by atoms with van der Waals surface area (Å²) in [7, 11) is 1.83. The molecule has 6 nitrogen and oxygen atoms in total. The highest BCUT2D eigenvalue weighted by Crippen LogP contribution is 2.32. The van der Waals surface area contributed by atoms with Crippen LogP contribution >= 0.6 is 0 Å². The van der Waals surface area contributed by atoms with Crippen LogP contribution in [0, 0.1) is 5.41 Å². The maximum absolute atomic E-state index is 12.3. The molecule has 1 aromatic rings. The zero-order valence-electron chi connectivity index (χ0n) is 13.2. The molecule has 0 unspecified atom stereocenters. The summed E-state index contributed by atoms with van der Waals surface area (Å²) in [6.07, 6.45) is 2.95. The zero-order chi connectivity index (χ0) is 15.9. The third-order valence-electron chi connectivity index (χ3n) is 3.67. The molecule has 0 aliphatic heterocycles. The standard InChI is InChI=1S/C15H24N2O4/c1-5-15(13(18)20-6-2,14(19)21-7-3)10-8-12-9-11-16-17(12)4/h9,11H,5-8,10H2,1-4H3. The first-order chi connectivity index (χ1) is 10.0. The first-order valence-electron chi connectivity index (χ1n) is 7.33. The van der Waals surface area contributed by atoms with Crippen LogP contribution in [0.25, 0.3) is 0 Å². The highest BCUT2D eigenvalue weighted by molar-refractivity contribution is 6.00. The Bertz CT molecular complexity index is 464. The Hall–Kier alpha value is -1.85. The van der Waals surface area contributed by atoms with E-state index >= 15 is 0 Å². The van der Waals surface area contributed by atoms with Crippen LogP contribution in [0.15, 0.2) is 12.3 Å². The van der Waals surface area contributed by atoms with Crippen molar-refractivity contribution in [3.05, 3.63) is 18.0 Å². The SMILES string of the molecule is CCOC(=O)C(CC)(CCc1ccnn1C)C(=O)OCC. The monoisotopic (exact) mass is 296 g/mol. The molecule has 0 atom stereocenters. The molecule has 6 heteroatoms. The number of hydrogen-bond donors (Lipinski definition) is 0. The molecule has 0 saturated heterocycles. The molecular formula is C15H24N2O4. The lowest BCUT2D eigenvalue weighted by Gasteiger charge is -2.27. The Morgan fingerprint density at radius 1 is 1.19 bits per heavy atom. The average Bonchev–Trinajstić information content (AvgIpc) is 2.86. The van der Waals surface area contributed by atoms with Crippen LogP contribution in [-0.4, -0.2) is 34.9 Å². The first-order valence-corrected chi connectivity index (χ1v) is 7.33. The Morgan fingerprint density at radius 2 is 1.76 bits per heavy atom. The molecule has 1 aromatic heterocycles. The van der Waals surface area contributed by atoms with Gasteiger partial charge in [-0.05, 0) is 39.2 Å². The van der Waals surface area contributed by atoms with Crippen molar-refractivity contribution in [3.8, 4) is 0 Å². The van der Waals surface area contributed by atoms with E-state index in [1.165, 1.54) is 0 Å². The predicted molar refractivity (Wildman–Crippen MR) is 77.5 cm³/mol. The Balaban J connectivity index is 2.96. The van der Waals surface area contributed by atoms with Crippen molar-refractivity contribution in [2.24, 2.45) is 12.5 Å².